The number of carboxylic acid groups (broad SMARTS) is 1. The van der Waals surface area contributed by atoms with Gasteiger partial charge in [-0.15, -0.1) is 0 Å². The summed E-state index contributed by atoms with van der Waals surface area (Å²) in [5, 5.41) is 9.51. The summed E-state index contributed by atoms with van der Waals surface area (Å²) in [6, 6.07) is 23.0. The van der Waals surface area contributed by atoms with Crippen molar-refractivity contribution >= 4 is 33.2 Å². The maximum atomic E-state index is 11.8. The van der Waals surface area contributed by atoms with Crippen LogP contribution in [-0.2, 0) is 25.7 Å². The van der Waals surface area contributed by atoms with Crippen molar-refractivity contribution in [1.29, 1.82) is 0 Å². The predicted molar refractivity (Wildman–Crippen MR) is 220 cm³/mol. The van der Waals surface area contributed by atoms with E-state index in [1.807, 2.05) is 0 Å². The van der Waals surface area contributed by atoms with Crippen molar-refractivity contribution in [2.24, 2.45) is 0 Å². The molecular formula is C46H55N2O6S+. The summed E-state index contributed by atoms with van der Waals surface area (Å²) >= 11 is 0. The lowest BCUT2D eigenvalue weighted by atomic mass is 9.77. The molecule has 0 spiro atoms. The molecule has 0 aromatic heterocycles. The van der Waals surface area contributed by atoms with Crippen LogP contribution in [0.15, 0.2) is 125 Å². The van der Waals surface area contributed by atoms with Crippen molar-refractivity contribution in [3.05, 3.63) is 131 Å². The Balaban J connectivity index is 1.47. The van der Waals surface area contributed by atoms with Crippen LogP contribution in [-0.4, -0.2) is 47.4 Å². The highest BCUT2D eigenvalue weighted by molar-refractivity contribution is 7.85. The second-order valence-corrected chi connectivity index (χ2v) is 17.0. The highest BCUT2D eigenvalue weighted by Gasteiger charge is 2.44. The highest BCUT2D eigenvalue weighted by Crippen LogP contribution is 2.51. The minimum atomic E-state index is -4.35. The molecule has 3 aromatic rings. The van der Waals surface area contributed by atoms with Crippen LogP contribution in [0.1, 0.15) is 104 Å². The Morgan fingerprint density at radius 3 is 2.29 bits per heavy atom. The average molecular weight is 764 g/mol. The second-order valence-electron chi connectivity index (χ2n) is 15.6. The minimum absolute atomic E-state index is 0.115. The van der Waals surface area contributed by atoms with Gasteiger partial charge in [-0.25, -0.2) is 0 Å². The number of fused-ring (bicyclic) bond motifs is 2. The lowest BCUT2D eigenvalue weighted by Gasteiger charge is -2.30. The van der Waals surface area contributed by atoms with Crippen LogP contribution in [0, 0.1) is 0 Å². The molecule has 2 N–H and O–H groups in total. The molecule has 290 valence electrons. The van der Waals surface area contributed by atoms with Gasteiger partial charge in [-0.1, -0.05) is 62.7 Å². The van der Waals surface area contributed by atoms with E-state index in [0.717, 1.165) is 79.9 Å². The third kappa shape index (κ3) is 8.29. The molecule has 0 amide bonds. The molecule has 6 rings (SSSR count). The predicted octanol–water partition coefficient (Wildman–Crippen LogP) is 10.4. The molecule has 0 radical (unpaired) electrons. The number of ether oxygens (including phenoxy) is 1. The molecule has 2 aliphatic heterocycles. The fourth-order valence-corrected chi connectivity index (χ4v) is 9.02. The molecule has 1 aliphatic carbocycles. The molecule has 3 aromatic carbocycles. The molecule has 0 saturated heterocycles. The number of carboxylic acids is 1. The van der Waals surface area contributed by atoms with Crippen molar-refractivity contribution in [2.45, 2.75) is 108 Å². The van der Waals surface area contributed by atoms with E-state index in [4.69, 9.17) is 4.74 Å². The lowest BCUT2D eigenvalue weighted by Crippen LogP contribution is -2.29. The lowest BCUT2D eigenvalue weighted by molar-refractivity contribution is -0.438. The van der Waals surface area contributed by atoms with Crippen molar-refractivity contribution in [1.82, 2.24) is 0 Å². The van der Waals surface area contributed by atoms with Crippen LogP contribution in [0.4, 0.5) is 11.4 Å². The summed E-state index contributed by atoms with van der Waals surface area (Å²) in [4.78, 5) is 13.8. The SMILES string of the molecule is CCCC[N+]1=C(/C=C/C2=C(Oc3ccc(S(=O)(=O)O)cc3)C(=C/C=C3/N(CCC)c4ccccc4C3(C)CCCC(=O)O)/CCC2)C(C)(C)c2ccccc21. The Bertz CT molecular complexity index is 2190. The molecular weight excluding hydrogens is 709 g/mol. The Kier molecular flexibility index (Phi) is 12.0. The third-order valence-electron chi connectivity index (χ3n) is 11.4. The van der Waals surface area contributed by atoms with E-state index in [0.29, 0.717) is 18.6 Å². The molecule has 8 nitrogen and oxygen atoms in total. The zero-order chi connectivity index (χ0) is 39.4. The van der Waals surface area contributed by atoms with Gasteiger partial charge in [-0.05, 0) is 118 Å². The van der Waals surface area contributed by atoms with Gasteiger partial charge in [0.25, 0.3) is 10.1 Å². The summed E-state index contributed by atoms with van der Waals surface area (Å²) in [6.45, 7) is 13.0. The number of benzene rings is 3. The maximum Gasteiger partial charge on any atom is 0.303 e. The van der Waals surface area contributed by atoms with E-state index in [-0.39, 0.29) is 22.1 Å². The van der Waals surface area contributed by atoms with Crippen LogP contribution in [0.3, 0.4) is 0 Å². The molecule has 0 bridgehead atoms. The van der Waals surface area contributed by atoms with Gasteiger partial charge in [-0.2, -0.15) is 13.0 Å². The van der Waals surface area contributed by atoms with Crippen molar-refractivity contribution in [2.75, 3.05) is 18.0 Å². The Hall–Kier alpha value is -4.73. The van der Waals surface area contributed by atoms with E-state index in [9.17, 15) is 22.9 Å². The zero-order valence-electron chi connectivity index (χ0n) is 32.8. The van der Waals surface area contributed by atoms with E-state index in [1.54, 1.807) is 12.1 Å². The monoisotopic (exact) mass is 763 g/mol. The first kappa shape index (κ1) is 39.9. The van der Waals surface area contributed by atoms with Gasteiger partial charge in [0.05, 0.1) is 10.3 Å². The molecule has 1 unspecified atom stereocenters. The number of para-hydroxylation sites is 2. The molecule has 9 heteroatoms. The van der Waals surface area contributed by atoms with Crippen LogP contribution in [0.25, 0.3) is 0 Å². The third-order valence-corrected chi connectivity index (χ3v) is 12.3. The van der Waals surface area contributed by atoms with E-state index in [2.05, 4.69) is 117 Å². The summed E-state index contributed by atoms with van der Waals surface area (Å²) < 4.78 is 42.5. The standard InChI is InChI=1S/C46H54N2O6S/c1-6-8-32-48-39-19-11-9-17-37(39)45(3,4)41(48)28-22-33-15-13-16-34(44(33)54-35-24-26-36(27-25-35)55(51,52)53)23-29-42-46(5,30-14-21-43(49)50)38-18-10-12-20-40(38)47(42)31-7-2/h9-12,17-20,22-29H,6-8,13-16,21,30-32H2,1-5H3,(H-,49,50,51,52,53)/p+1. The molecule has 2 heterocycles. The second kappa shape index (κ2) is 16.6. The quantitative estimate of drug-likeness (QED) is 0.117. The molecule has 1 atom stereocenters. The summed E-state index contributed by atoms with van der Waals surface area (Å²) in [7, 11) is -4.35. The Morgan fingerprint density at radius 2 is 1.60 bits per heavy atom. The fraction of sp³-hybridized carbons (Fsp3) is 0.391. The fourth-order valence-electron chi connectivity index (χ4n) is 8.54. The number of carbonyl (C=O) groups is 1. The van der Waals surface area contributed by atoms with Crippen molar-refractivity contribution < 1.29 is 32.2 Å². The van der Waals surface area contributed by atoms with Gasteiger partial charge in [0.1, 0.15) is 18.1 Å². The number of allylic oxidation sites excluding steroid dienone is 7. The highest BCUT2D eigenvalue weighted by atomic mass is 32.2. The number of unbranched alkanes of at least 4 members (excludes halogenated alkanes) is 1. The van der Waals surface area contributed by atoms with Crippen LogP contribution >= 0.6 is 0 Å². The van der Waals surface area contributed by atoms with Crippen LogP contribution in [0.5, 0.6) is 5.75 Å². The first-order valence-electron chi connectivity index (χ1n) is 19.7. The van der Waals surface area contributed by atoms with Gasteiger partial charge in [-0.3, -0.25) is 9.35 Å². The van der Waals surface area contributed by atoms with Crippen molar-refractivity contribution in [3.8, 4) is 5.75 Å². The van der Waals surface area contributed by atoms with Gasteiger partial charge in [0.2, 0.25) is 5.69 Å². The normalized spacial score (nSPS) is 20.9. The molecule has 3 aliphatic rings. The number of nitrogens with zero attached hydrogens (tertiary/aromatic N) is 2. The maximum absolute atomic E-state index is 11.8. The van der Waals surface area contributed by atoms with E-state index >= 15 is 0 Å². The largest absolute Gasteiger partial charge is 0.481 e. The molecule has 0 fully saturated rings. The van der Waals surface area contributed by atoms with E-state index < -0.39 is 16.1 Å². The minimum Gasteiger partial charge on any atom is -0.481 e. The molecule has 0 saturated carbocycles. The first-order valence-corrected chi connectivity index (χ1v) is 21.1. The topological polar surface area (TPSA) is 107 Å². The van der Waals surface area contributed by atoms with E-state index in [1.165, 1.54) is 34.7 Å². The number of hydrogen-bond acceptors (Lipinski definition) is 5. The Labute approximate surface area is 327 Å². The Morgan fingerprint density at radius 1 is 0.891 bits per heavy atom. The van der Waals surface area contributed by atoms with Crippen molar-refractivity contribution in [3.63, 3.8) is 0 Å². The zero-order valence-corrected chi connectivity index (χ0v) is 33.7. The number of aliphatic carboxylic acids is 1. The molecule has 55 heavy (non-hydrogen) atoms. The first-order chi connectivity index (χ1) is 26.3. The number of hydrogen-bond donors (Lipinski definition) is 2. The van der Waals surface area contributed by atoms with Crippen LogP contribution in [0.2, 0.25) is 0 Å². The summed E-state index contributed by atoms with van der Waals surface area (Å²) in [5.41, 5.74) is 8.81. The van der Waals surface area contributed by atoms with Gasteiger partial charge >= 0.3 is 5.97 Å². The summed E-state index contributed by atoms with van der Waals surface area (Å²) in [6.07, 6.45) is 15.9. The average Bonchev–Trinajstić information content (AvgIpc) is 3.52. The summed E-state index contributed by atoms with van der Waals surface area (Å²) in [5.74, 6) is 0.417. The van der Waals surface area contributed by atoms with Gasteiger partial charge < -0.3 is 14.7 Å². The number of rotatable bonds is 15. The van der Waals surface area contributed by atoms with Gasteiger partial charge in [0.15, 0.2) is 5.71 Å². The number of anilines is 1. The smallest absolute Gasteiger partial charge is 0.303 e. The van der Waals surface area contributed by atoms with Crippen LogP contribution < -0.4 is 9.64 Å². The van der Waals surface area contributed by atoms with Gasteiger partial charge in [0, 0.05) is 53.9 Å².